The van der Waals surface area contributed by atoms with Crippen LogP contribution in [0.25, 0.3) is 0 Å². The van der Waals surface area contributed by atoms with Crippen LogP contribution in [0.1, 0.15) is 30.5 Å². The molecular weight excluding hydrogens is 218 g/mol. The molecule has 17 heavy (non-hydrogen) atoms. The Balaban J connectivity index is 2.39. The molecule has 4 heteroatoms. The molecule has 4 nitrogen and oxygen atoms in total. The van der Waals surface area contributed by atoms with Crippen molar-refractivity contribution in [3.05, 3.63) is 23.3 Å². The Morgan fingerprint density at radius 2 is 2.12 bits per heavy atom. The van der Waals surface area contributed by atoms with Gasteiger partial charge in [-0.2, -0.15) is 0 Å². The molecule has 1 aliphatic rings. The van der Waals surface area contributed by atoms with Crippen molar-refractivity contribution in [2.24, 2.45) is 5.73 Å². The van der Waals surface area contributed by atoms with Crippen molar-refractivity contribution in [3.63, 3.8) is 0 Å². The van der Waals surface area contributed by atoms with E-state index in [1.807, 2.05) is 12.1 Å². The van der Waals surface area contributed by atoms with Gasteiger partial charge in [-0.15, -0.1) is 0 Å². The summed E-state index contributed by atoms with van der Waals surface area (Å²) < 4.78 is 11.2. The lowest BCUT2D eigenvalue weighted by Gasteiger charge is -2.24. The average Bonchev–Trinajstić information content (AvgIpc) is 2.37. The van der Waals surface area contributed by atoms with Crippen molar-refractivity contribution in [2.75, 3.05) is 19.8 Å². The summed E-state index contributed by atoms with van der Waals surface area (Å²) in [7, 11) is 0. The van der Waals surface area contributed by atoms with Gasteiger partial charge in [0, 0.05) is 18.2 Å². The van der Waals surface area contributed by atoms with Crippen LogP contribution in [0.2, 0.25) is 0 Å². The molecule has 0 aliphatic carbocycles. The minimum atomic E-state index is -0.147. The van der Waals surface area contributed by atoms with Gasteiger partial charge in [0.2, 0.25) is 0 Å². The minimum Gasteiger partial charge on any atom is -0.486 e. The fraction of sp³-hybridized carbons (Fsp3) is 0.538. The van der Waals surface area contributed by atoms with Gasteiger partial charge in [-0.3, -0.25) is 0 Å². The fourth-order valence-electron chi connectivity index (χ4n) is 2.20. The smallest absolute Gasteiger partial charge is 0.164 e. The van der Waals surface area contributed by atoms with Crippen LogP contribution in [-0.2, 0) is 6.42 Å². The second kappa shape index (κ2) is 5.38. The third-order valence-corrected chi connectivity index (χ3v) is 3.04. The number of fused-ring (bicyclic) bond motifs is 1. The number of rotatable bonds is 4. The molecule has 0 fully saturated rings. The van der Waals surface area contributed by atoms with Crippen LogP contribution < -0.4 is 15.2 Å². The SMILES string of the molecule is CCc1c(C(N)CCO)ccc2c1OCCO2. The van der Waals surface area contributed by atoms with E-state index < -0.39 is 0 Å². The summed E-state index contributed by atoms with van der Waals surface area (Å²) >= 11 is 0. The quantitative estimate of drug-likeness (QED) is 0.831. The van der Waals surface area contributed by atoms with Crippen molar-refractivity contribution in [1.82, 2.24) is 0 Å². The maximum absolute atomic E-state index is 8.96. The molecule has 0 radical (unpaired) electrons. The van der Waals surface area contributed by atoms with Crippen LogP contribution in [0.3, 0.4) is 0 Å². The van der Waals surface area contributed by atoms with Crippen LogP contribution in [0.15, 0.2) is 12.1 Å². The normalized spacial score (nSPS) is 15.7. The zero-order valence-electron chi connectivity index (χ0n) is 10.1. The van der Waals surface area contributed by atoms with Crippen molar-refractivity contribution < 1.29 is 14.6 Å². The Kier molecular flexibility index (Phi) is 3.86. The van der Waals surface area contributed by atoms with Gasteiger partial charge < -0.3 is 20.3 Å². The number of aliphatic hydroxyl groups excluding tert-OH is 1. The molecule has 0 spiro atoms. The van der Waals surface area contributed by atoms with Gasteiger partial charge in [0.15, 0.2) is 11.5 Å². The molecule has 1 aromatic rings. The van der Waals surface area contributed by atoms with Crippen LogP contribution in [-0.4, -0.2) is 24.9 Å². The Morgan fingerprint density at radius 3 is 2.82 bits per heavy atom. The largest absolute Gasteiger partial charge is 0.486 e. The first-order chi connectivity index (χ1) is 8.27. The lowest BCUT2D eigenvalue weighted by Crippen LogP contribution is -2.19. The highest BCUT2D eigenvalue weighted by molar-refractivity contribution is 5.52. The standard InChI is InChI=1S/C13H19NO3/c1-2-9-10(11(14)5-6-15)3-4-12-13(9)17-8-7-16-12/h3-4,11,15H,2,5-8,14H2,1H3. The zero-order chi connectivity index (χ0) is 12.3. The highest BCUT2D eigenvalue weighted by Gasteiger charge is 2.20. The van der Waals surface area contributed by atoms with Crippen molar-refractivity contribution in [3.8, 4) is 11.5 Å². The lowest BCUT2D eigenvalue weighted by molar-refractivity contribution is 0.169. The first-order valence-electron chi connectivity index (χ1n) is 6.05. The maximum atomic E-state index is 8.96. The summed E-state index contributed by atoms with van der Waals surface area (Å²) in [4.78, 5) is 0. The molecule has 0 saturated carbocycles. The topological polar surface area (TPSA) is 64.7 Å². The van der Waals surface area contributed by atoms with Crippen LogP contribution in [0.4, 0.5) is 0 Å². The van der Waals surface area contributed by atoms with E-state index in [9.17, 15) is 0 Å². The predicted molar refractivity (Wildman–Crippen MR) is 65.4 cm³/mol. The highest BCUT2D eigenvalue weighted by atomic mass is 16.6. The first-order valence-corrected chi connectivity index (χ1v) is 6.05. The van der Waals surface area contributed by atoms with E-state index in [-0.39, 0.29) is 12.6 Å². The summed E-state index contributed by atoms with van der Waals surface area (Å²) in [5.74, 6) is 1.62. The van der Waals surface area contributed by atoms with Crippen molar-refractivity contribution in [2.45, 2.75) is 25.8 Å². The average molecular weight is 237 g/mol. The molecule has 0 aromatic heterocycles. The molecule has 1 atom stereocenters. The number of hydrogen-bond acceptors (Lipinski definition) is 4. The Morgan fingerprint density at radius 1 is 1.35 bits per heavy atom. The van der Waals surface area contributed by atoms with Gasteiger partial charge in [0.05, 0.1) is 0 Å². The molecule has 94 valence electrons. The molecule has 1 aromatic carbocycles. The second-order valence-electron chi connectivity index (χ2n) is 4.13. The van der Waals surface area contributed by atoms with E-state index in [2.05, 4.69) is 6.92 Å². The van der Waals surface area contributed by atoms with Gasteiger partial charge in [-0.05, 0) is 24.5 Å². The Hall–Kier alpha value is -1.26. The monoisotopic (exact) mass is 237 g/mol. The predicted octanol–water partition coefficient (Wildman–Crippen LogP) is 1.40. The Labute approximate surface area is 101 Å². The fourth-order valence-corrected chi connectivity index (χ4v) is 2.20. The maximum Gasteiger partial charge on any atom is 0.164 e. The van der Waals surface area contributed by atoms with Gasteiger partial charge in [-0.25, -0.2) is 0 Å². The molecule has 2 rings (SSSR count). The highest BCUT2D eigenvalue weighted by Crippen LogP contribution is 2.38. The third-order valence-electron chi connectivity index (χ3n) is 3.04. The summed E-state index contributed by atoms with van der Waals surface area (Å²) in [6.45, 7) is 3.35. The lowest BCUT2D eigenvalue weighted by atomic mass is 9.95. The summed E-state index contributed by atoms with van der Waals surface area (Å²) in [5.41, 5.74) is 8.21. The van der Waals surface area contributed by atoms with Gasteiger partial charge >= 0.3 is 0 Å². The van der Waals surface area contributed by atoms with E-state index >= 15 is 0 Å². The van der Waals surface area contributed by atoms with E-state index in [1.54, 1.807) is 0 Å². The molecule has 1 aliphatic heterocycles. The molecule has 1 unspecified atom stereocenters. The third kappa shape index (κ3) is 2.37. The van der Waals surface area contributed by atoms with Crippen molar-refractivity contribution in [1.29, 1.82) is 0 Å². The molecular formula is C13H19NO3. The first kappa shape index (κ1) is 12.2. The number of hydrogen-bond donors (Lipinski definition) is 2. The van der Waals surface area contributed by atoms with E-state index in [4.69, 9.17) is 20.3 Å². The number of benzene rings is 1. The van der Waals surface area contributed by atoms with Crippen molar-refractivity contribution >= 4 is 0 Å². The van der Waals surface area contributed by atoms with Crippen LogP contribution in [0, 0.1) is 0 Å². The molecule has 1 heterocycles. The molecule has 0 bridgehead atoms. The number of ether oxygens (including phenoxy) is 2. The van der Waals surface area contributed by atoms with E-state index in [0.717, 1.165) is 29.0 Å². The number of nitrogens with two attached hydrogens (primary N) is 1. The molecule has 0 saturated heterocycles. The summed E-state index contributed by atoms with van der Waals surface area (Å²) in [5, 5.41) is 8.96. The summed E-state index contributed by atoms with van der Waals surface area (Å²) in [6.07, 6.45) is 1.41. The van der Waals surface area contributed by atoms with E-state index in [1.165, 1.54) is 0 Å². The number of aliphatic hydroxyl groups is 1. The van der Waals surface area contributed by atoms with Crippen LogP contribution in [0.5, 0.6) is 11.5 Å². The van der Waals surface area contributed by atoms with Gasteiger partial charge in [0.25, 0.3) is 0 Å². The minimum absolute atomic E-state index is 0.0960. The van der Waals surface area contributed by atoms with Gasteiger partial charge in [-0.1, -0.05) is 13.0 Å². The van der Waals surface area contributed by atoms with Crippen LogP contribution >= 0.6 is 0 Å². The zero-order valence-corrected chi connectivity index (χ0v) is 10.1. The molecule has 3 N–H and O–H groups in total. The Bertz CT molecular complexity index is 392. The summed E-state index contributed by atoms with van der Waals surface area (Å²) in [6, 6.07) is 3.73. The van der Waals surface area contributed by atoms with E-state index in [0.29, 0.717) is 19.6 Å². The van der Waals surface area contributed by atoms with Gasteiger partial charge in [0.1, 0.15) is 13.2 Å². The molecule has 0 amide bonds. The second-order valence-corrected chi connectivity index (χ2v) is 4.13.